The summed E-state index contributed by atoms with van der Waals surface area (Å²) < 4.78 is 5.51. The molecule has 5 heteroatoms. The summed E-state index contributed by atoms with van der Waals surface area (Å²) in [5, 5.41) is 12.4. The maximum absolute atomic E-state index is 12.2. The average Bonchev–Trinajstić information content (AvgIpc) is 2.28. The highest BCUT2D eigenvalue weighted by molar-refractivity contribution is 5.74. The van der Waals surface area contributed by atoms with E-state index in [1.165, 1.54) is 0 Å². The highest BCUT2D eigenvalue weighted by Crippen LogP contribution is 2.21. The molecule has 2 N–H and O–H groups in total. The van der Waals surface area contributed by atoms with E-state index in [2.05, 4.69) is 5.32 Å². The second-order valence-corrected chi connectivity index (χ2v) is 6.39. The molecular weight excluding hydrogens is 244 g/mol. The summed E-state index contributed by atoms with van der Waals surface area (Å²) in [6.45, 7) is 11.7. The number of carbonyl (C=O) groups is 1. The van der Waals surface area contributed by atoms with Crippen LogP contribution in [0.4, 0.5) is 4.79 Å². The van der Waals surface area contributed by atoms with E-state index in [-0.39, 0.29) is 29.7 Å². The normalized spacial score (nSPS) is 26.1. The molecule has 0 bridgehead atoms. The van der Waals surface area contributed by atoms with Gasteiger partial charge in [-0.15, -0.1) is 0 Å². The van der Waals surface area contributed by atoms with Gasteiger partial charge in [0.15, 0.2) is 0 Å². The van der Waals surface area contributed by atoms with Crippen molar-refractivity contribution in [3.8, 4) is 0 Å². The number of hydrogen-bond acceptors (Lipinski definition) is 3. The molecule has 0 spiro atoms. The molecule has 3 unspecified atom stereocenters. The molecule has 1 saturated heterocycles. The fourth-order valence-electron chi connectivity index (χ4n) is 2.51. The number of amides is 2. The Hall–Kier alpha value is -0.810. The molecule has 0 radical (unpaired) electrons. The SMILES string of the molecule is CC(O)CC(C)(C)CNC(=O)N1CCOC(C)C1C. The van der Waals surface area contributed by atoms with Gasteiger partial charge in [0.25, 0.3) is 0 Å². The predicted octanol–water partition coefficient (Wildman–Crippen LogP) is 1.60. The summed E-state index contributed by atoms with van der Waals surface area (Å²) in [6.07, 6.45) is 0.390. The Labute approximate surface area is 116 Å². The van der Waals surface area contributed by atoms with Crippen molar-refractivity contribution in [1.29, 1.82) is 0 Å². The molecule has 0 aliphatic carbocycles. The van der Waals surface area contributed by atoms with E-state index >= 15 is 0 Å². The number of aliphatic hydroxyl groups is 1. The average molecular weight is 272 g/mol. The highest BCUT2D eigenvalue weighted by Gasteiger charge is 2.30. The number of morpholine rings is 1. The molecule has 1 aliphatic heterocycles. The van der Waals surface area contributed by atoms with E-state index in [4.69, 9.17) is 4.74 Å². The molecular formula is C14H28N2O3. The van der Waals surface area contributed by atoms with Crippen molar-refractivity contribution >= 4 is 6.03 Å². The Bertz CT molecular complexity index is 305. The van der Waals surface area contributed by atoms with Gasteiger partial charge in [-0.2, -0.15) is 0 Å². The van der Waals surface area contributed by atoms with E-state index in [1.54, 1.807) is 6.92 Å². The van der Waals surface area contributed by atoms with Crippen LogP contribution in [-0.2, 0) is 4.74 Å². The monoisotopic (exact) mass is 272 g/mol. The van der Waals surface area contributed by atoms with E-state index < -0.39 is 0 Å². The molecule has 2 amide bonds. The lowest BCUT2D eigenvalue weighted by atomic mass is 9.87. The topological polar surface area (TPSA) is 61.8 Å². The number of rotatable bonds is 4. The van der Waals surface area contributed by atoms with Gasteiger partial charge < -0.3 is 20.1 Å². The van der Waals surface area contributed by atoms with Gasteiger partial charge in [-0.1, -0.05) is 13.8 Å². The predicted molar refractivity (Wildman–Crippen MR) is 75.1 cm³/mol. The van der Waals surface area contributed by atoms with Crippen LogP contribution in [0.2, 0.25) is 0 Å². The number of aliphatic hydroxyl groups excluding tert-OH is 1. The van der Waals surface area contributed by atoms with Crippen molar-refractivity contribution in [2.45, 2.75) is 59.3 Å². The van der Waals surface area contributed by atoms with Crippen LogP contribution in [0, 0.1) is 5.41 Å². The lowest BCUT2D eigenvalue weighted by molar-refractivity contribution is -0.0379. The zero-order valence-corrected chi connectivity index (χ0v) is 12.8. The third-order valence-electron chi connectivity index (χ3n) is 3.71. The van der Waals surface area contributed by atoms with E-state index in [0.717, 1.165) is 0 Å². The van der Waals surface area contributed by atoms with Crippen molar-refractivity contribution in [2.75, 3.05) is 19.7 Å². The first-order chi connectivity index (χ1) is 8.73. The lowest BCUT2D eigenvalue weighted by Crippen LogP contribution is -2.55. The summed E-state index contributed by atoms with van der Waals surface area (Å²) in [6, 6.07) is 0.0509. The van der Waals surface area contributed by atoms with Gasteiger partial charge in [0.05, 0.1) is 24.9 Å². The zero-order valence-electron chi connectivity index (χ0n) is 12.8. The first kappa shape index (κ1) is 16.2. The van der Waals surface area contributed by atoms with Gasteiger partial charge in [0.1, 0.15) is 0 Å². The second-order valence-electron chi connectivity index (χ2n) is 6.39. The van der Waals surface area contributed by atoms with Gasteiger partial charge >= 0.3 is 6.03 Å². The number of ether oxygens (including phenoxy) is 1. The summed E-state index contributed by atoms with van der Waals surface area (Å²) in [7, 11) is 0. The highest BCUT2D eigenvalue weighted by atomic mass is 16.5. The second kappa shape index (κ2) is 6.57. The number of carbonyl (C=O) groups excluding carboxylic acids is 1. The molecule has 0 aromatic heterocycles. The Balaban J connectivity index is 2.46. The van der Waals surface area contributed by atoms with E-state index in [9.17, 15) is 9.90 Å². The first-order valence-corrected chi connectivity index (χ1v) is 7.07. The van der Waals surface area contributed by atoms with Gasteiger partial charge in [-0.25, -0.2) is 4.79 Å². The minimum atomic E-state index is -0.353. The maximum atomic E-state index is 12.2. The van der Waals surface area contributed by atoms with Crippen LogP contribution >= 0.6 is 0 Å². The molecule has 3 atom stereocenters. The zero-order chi connectivity index (χ0) is 14.6. The Morgan fingerprint density at radius 2 is 2.16 bits per heavy atom. The number of hydrogen-bond donors (Lipinski definition) is 2. The molecule has 1 heterocycles. The molecule has 19 heavy (non-hydrogen) atoms. The molecule has 112 valence electrons. The Kier molecular flexibility index (Phi) is 5.62. The molecule has 1 fully saturated rings. The van der Waals surface area contributed by atoms with Crippen molar-refractivity contribution in [3.63, 3.8) is 0 Å². The van der Waals surface area contributed by atoms with E-state index in [0.29, 0.717) is 26.1 Å². The Morgan fingerprint density at radius 3 is 2.74 bits per heavy atom. The first-order valence-electron chi connectivity index (χ1n) is 7.07. The third-order valence-corrected chi connectivity index (χ3v) is 3.71. The maximum Gasteiger partial charge on any atom is 0.317 e. The standard InChI is InChI=1S/C14H28N2O3/c1-10(17)8-14(4,5)9-15-13(18)16-6-7-19-12(3)11(16)2/h10-12,17H,6-9H2,1-5H3,(H,15,18). The van der Waals surface area contributed by atoms with Crippen molar-refractivity contribution < 1.29 is 14.6 Å². The minimum Gasteiger partial charge on any atom is -0.393 e. The minimum absolute atomic E-state index is 0.0404. The molecule has 5 nitrogen and oxygen atoms in total. The lowest BCUT2D eigenvalue weighted by Gasteiger charge is -2.38. The fraction of sp³-hybridized carbons (Fsp3) is 0.929. The molecule has 1 aliphatic rings. The van der Waals surface area contributed by atoms with Crippen LogP contribution in [0.1, 0.15) is 41.0 Å². The summed E-state index contributed by atoms with van der Waals surface area (Å²) >= 11 is 0. The fourth-order valence-corrected chi connectivity index (χ4v) is 2.51. The number of nitrogens with one attached hydrogen (secondary N) is 1. The quantitative estimate of drug-likeness (QED) is 0.817. The smallest absolute Gasteiger partial charge is 0.317 e. The molecule has 1 rings (SSSR count). The van der Waals surface area contributed by atoms with Crippen LogP contribution in [0.25, 0.3) is 0 Å². The van der Waals surface area contributed by atoms with Gasteiger partial charge in [0, 0.05) is 13.1 Å². The van der Waals surface area contributed by atoms with Crippen LogP contribution in [0.3, 0.4) is 0 Å². The van der Waals surface area contributed by atoms with Crippen molar-refractivity contribution in [2.24, 2.45) is 5.41 Å². The van der Waals surface area contributed by atoms with Crippen LogP contribution in [0.15, 0.2) is 0 Å². The van der Waals surface area contributed by atoms with Crippen molar-refractivity contribution in [3.05, 3.63) is 0 Å². The van der Waals surface area contributed by atoms with Crippen LogP contribution < -0.4 is 5.32 Å². The summed E-state index contributed by atoms with van der Waals surface area (Å²) in [5.74, 6) is 0. The van der Waals surface area contributed by atoms with Gasteiger partial charge in [-0.3, -0.25) is 0 Å². The van der Waals surface area contributed by atoms with E-state index in [1.807, 2.05) is 32.6 Å². The number of urea groups is 1. The van der Waals surface area contributed by atoms with Crippen LogP contribution in [0.5, 0.6) is 0 Å². The van der Waals surface area contributed by atoms with Crippen molar-refractivity contribution in [1.82, 2.24) is 10.2 Å². The molecule has 0 saturated carbocycles. The molecule has 0 aromatic rings. The number of nitrogens with zero attached hydrogens (tertiary/aromatic N) is 1. The van der Waals surface area contributed by atoms with Crippen LogP contribution in [-0.4, -0.2) is 54.0 Å². The summed E-state index contributed by atoms with van der Waals surface area (Å²) in [4.78, 5) is 14.0. The largest absolute Gasteiger partial charge is 0.393 e. The Morgan fingerprint density at radius 1 is 1.53 bits per heavy atom. The van der Waals surface area contributed by atoms with Gasteiger partial charge in [-0.05, 0) is 32.6 Å². The van der Waals surface area contributed by atoms with Gasteiger partial charge in [0.2, 0.25) is 0 Å². The summed E-state index contributed by atoms with van der Waals surface area (Å²) in [5.41, 5.74) is -0.106. The third kappa shape index (κ3) is 4.99. The molecule has 0 aromatic carbocycles.